The molecule has 0 bridgehead atoms. The Labute approximate surface area is 105 Å². The predicted molar refractivity (Wildman–Crippen MR) is 68.6 cm³/mol. The molecule has 0 heterocycles. The Kier molecular flexibility index (Phi) is 3.53. The van der Waals surface area contributed by atoms with Crippen molar-refractivity contribution in [1.82, 2.24) is 0 Å². The van der Waals surface area contributed by atoms with E-state index in [0.29, 0.717) is 4.90 Å². The summed E-state index contributed by atoms with van der Waals surface area (Å²) in [7, 11) is 0. The van der Waals surface area contributed by atoms with Crippen molar-refractivity contribution < 1.29 is 8.76 Å². The zero-order valence-corrected chi connectivity index (χ0v) is 10.7. The van der Waals surface area contributed by atoms with Crippen LogP contribution in [0.25, 0.3) is 11.1 Å². The van der Waals surface area contributed by atoms with Gasteiger partial charge in [-0.25, -0.2) is 4.21 Å². The highest BCUT2D eigenvalue weighted by molar-refractivity contribution is 9.10. The second-order valence-electron chi connectivity index (χ2n) is 3.29. The van der Waals surface area contributed by atoms with E-state index in [-0.39, 0.29) is 0 Å². The molecule has 1 N–H and O–H groups in total. The van der Waals surface area contributed by atoms with Crippen molar-refractivity contribution in [2.24, 2.45) is 0 Å². The number of hydrogen-bond acceptors (Lipinski definition) is 1. The topological polar surface area (TPSA) is 37.3 Å². The molecule has 2 rings (SSSR count). The fraction of sp³-hybridized carbons (Fsp3) is 0. The lowest BCUT2D eigenvalue weighted by Gasteiger charge is -2.04. The van der Waals surface area contributed by atoms with E-state index in [1.807, 2.05) is 36.4 Å². The Bertz CT molecular complexity index is 526. The summed E-state index contributed by atoms with van der Waals surface area (Å²) in [6.45, 7) is 0. The largest absolute Gasteiger partial charge is 0.302 e. The predicted octanol–water partition coefficient (Wildman–Crippen LogP) is 3.70. The number of benzene rings is 2. The molecule has 0 saturated carbocycles. The van der Waals surface area contributed by atoms with Gasteiger partial charge in [-0.2, -0.15) is 0 Å². The van der Waals surface area contributed by atoms with Crippen molar-refractivity contribution in [3.05, 3.63) is 53.0 Å². The van der Waals surface area contributed by atoms with E-state index in [2.05, 4.69) is 15.9 Å². The molecule has 0 amide bonds. The first-order valence-corrected chi connectivity index (χ1v) is 6.53. The molecule has 0 aromatic heterocycles. The second kappa shape index (κ2) is 4.91. The lowest BCUT2D eigenvalue weighted by molar-refractivity contribution is 0.564. The summed E-state index contributed by atoms with van der Waals surface area (Å²) >= 11 is 1.38. The van der Waals surface area contributed by atoms with Crippen LogP contribution >= 0.6 is 15.9 Å². The van der Waals surface area contributed by atoms with Gasteiger partial charge in [0.2, 0.25) is 0 Å². The summed E-state index contributed by atoms with van der Waals surface area (Å²) in [4.78, 5) is 0.397. The Morgan fingerprint density at radius 1 is 1.00 bits per heavy atom. The van der Waals surface area contributed by atoms with Gasteiger partial charge in [0.25, 0.3) is 0 Å². The maximum Gasteiger partial charge on any atom is 0.186 e. The third-order valence-electron chi connectivity index (χ3n) is 2.18. The fourth-order valence-electron chi connectivity index (χ4n) is 1.46. The molecule has 0 fully saturated rings. The quantitative estimate of drug-likeness (QED) is 0.858. The first-order valence-electron chi connectivity index (χ1n) is 4.64. The Morgan fingerprint density at radius 2 is 1.69 bits per heavy atom. The van der Waals surface area contributed by atoms with Crippen molar-refractivity contribution in [1.29, 1.82) is 0 Å². The summed E-state index contributed by atoms with van der Waals surface area (Å²) in [6.07, 6.45) is 0. The average molecular weight is 297 g/mol. The number of halogens is 1. The fourth-order valence-corrected chi connectivity index (χ4v) is 2.56. The molecule has 2 aromatic rings. The molecule has 0 spiro atoms. The zero-order chi connectivity index (χ0) is 11.5. The van der Waals surface area contributed by atoms with Crippen LogP contribution < -0.4 is 0 Å². The molecule has 0 aliphatic carbocycles. The molecule has 1 atom stereocenters. The van der Waals surface area contributed by atoms with E-state index in [1.54, 1.807) is 12.1 Å². The van der Waals surface area contributed by atoms with Crippen LogP contribution in [0.2, 0.25) is 0 Å². The number of hydrogen-bond donors (Lipinski definition) is 1. The highest BCUT2D eigenvalue weighted by atomic mass is 79.9. The van der Waals surface area contributed by atoms with Gasteiger partial charge in [-0.1, -0.05) is 46.3 Å². The van der Waals surface area contributed by atoms with Crippen LogP contribution in [0.1, 0.15) is 0 Å². The standard InChI is InChI=1S/C12H9BrO2S/c13-11-6-10(7-12(8-11)16(14)15)9-4-2-1-3-5-9/h1-8H,(H,14,15). The van der Waals surface area contributed by atoms with E-state index >= 15 is 0 Å². The second-order valence-corrected chi connectivity index (χ2v) is 5.18. The van der Waals surface area contributed by atoms with Gasteiger partial charge >= 0.3 is 0 Å². The molecule has 0 radical (unpaired) electrons. The first kappa shape index (κ1) is 11.5. The summed E-state index contributed by atoms with van der Waals surface area (Å²) in [6, 6.07) is 15.0. The molecule has 0 saturated heterocycles. The third kappa shape index (κ3) is 2.58. The lowest BCUT2D eigenvalue weighted by Crippen LogP contribution is -1.89. The lowest BCUT2D eigenvalue weighted by atomic mass is 10.1. The van der Waals surface area contributed by atoms with Gasteiger partial charge in [0.05, 0.1) is 4.90 Å². The highest BCUT2D eigenvalue weighted by Crippen LogP contribution is 2.26. The van der Waals surface area contributed by atoms with E-state index in [1.165, 1.54) is 0 Å². The van der Waals surface area contributed by atoms with Crippen molar-refractivity contribution in [3.63, 3.8) is 0 Å². The molecule has 82 valence electrons. The molecular weight excluding hydrogens is 288 g/mol. The van der Waals surface area contributed by atoms with Gasteiger partial charge in [0, 0.05) is 4.47 Å². The zero-order valence-electron chi connectivity index (χ0n) is 8.26. The minimum Gasteiger partial charge on any atom is -0.302 e. The van der Waals surface area contributed by atoms with E-state index in [9.17, 15) is 4.21 Å². The Hall–Kier alpha value is -0.970. The molecule has 16 heavy (non-hydrogen) atoms. The van der Waals surface area contributed by atoms with Gasteiger partial charge in [-0.05, 0) is 29.3 Å². The van der Waals surface area contributed by atoms with Gasteiger partial charge in [-0.15, -0.1) is 0 Å². The van der Waals surface area contributed by atoms with Crippen LogP contribution in [0.4, 0.5) is 0 Å². The first-order chi connectivity index (χ1) is 7.66. The van der Waals surface area contributed by atoms with Gasteiger partial charge in [0.15, 0.2) is 11.1 Å². The number of rotatable bonds is 2. The van der Waals surface area contributed by atoms with Crippen molar-refractivity contribution in [2.45, 2.75) is 4.90 Å². The van der Waals surface area contributed by atoms with E-state index in [0.717, 1.165) is 15.6 Å². The van der Waals surface area contributed by atoms with Crippen molar-refractivity contribution in [3.8, 4) is 11.1 Å². The van der Waals surface area contributed by atoms with Gasteiger partial charge in [-0.3, -0.25) is 0 Å². The summed E-state index contributed by atoms with van der Waals surface area (Å²) in [5.74, 6) is 0. The normalized spacial score (nSPS) is 12.4. The van der Waals surface area contributed by atoms with Gasteiger partial charge in [0.1, 0.15) is 0 Å². The molecule has 2 nitrogen and oxygen atoms in total. The van der Waals surface area contributed by atoms with Crippen molar-refractivity contribution >= 4 is 27.0 Å². The van der Waals surface area contributed by atoms with Crippen LogP contribution in [0.5, 0.6) is 0 Å². The van der Waals surface area contributed by atoms with Crippen molar-refractivity contribution in [2.75, 3.05) is 0 Å². The minimum atomic E-state index is -1.95. The maximum absolute atomic E-state index is 11.0. The van der Waals surface area contributed by atoms with Crippen LogP contribution in [-0.2, 0) is 11.1 Å². The average Bonchev–Trinajstić information content (AvgIpc) is 2.29. The van der Waals surface area contributed by atoms with Crippen LogP contribution in [-0.4, -0.2) is 8.76 Å². The maximum atomic E-state index is 11.0. The Morgan fingerprint density at radius 3 is 2.31 bits per heavy atom. The van der Waals surface area contributed by atoms with E-state index < -0.39 is 11.1 Å². The molecule has 2 aromatic carbocycles. The highest BCUT2D eigenvalue weighted by Gasteiger charge is 2.05. The summed E-state index contributed by atoms with van der Waals surface area (Å²) in [5.41, 5.74) is 1.95. The van der Waals surface area contributed by atoms with E-state index in [4.69, 9.17) is 4.55 Å². The molecule has 4 heteroatoms. The SMILES string of the molecule is O=S(O)c1cc(Br)cc(-c2ccccc2)c1. The van der Waals surface area contributed by atoms with Gasteiger partial charge < -0.3 is 4.55 Å². The molecule has 0 aliphatic heterocycles. The molecular formula is C12H9BrO2S. The summed E-state index contributed by atoms with van der Waals surface area (Å²) in [5, 5.41) is 0. The third-order valence-corrected chi connectivity index (χ3v) is 3.28. The molecule has 0 aliphatic rings. The van der Waals surface area contributed by atoms with Crippen LogP contribution in [0.15, 0.2) is 57.9 Å². The Balaban J connectivity index is 2.54. The minimum absolute atomic E-state index is 0.397. The molecule has 1 unspecified atom stereocenters. The van der Waals surface area contributed by atoms with Crippen LogP contribution in [0, 0.1) is 0 Å². The monoisotopic (exact) mass is 296 g/mol. The van der Waals surface area contributed by atoms with Crippen LogP contribution in [0.3, 0.4) is 0 Å². The smallest absolute Gasteiger partial charge is 0.186 e. The summed E-state index contributed by atoms with van der Waals surface area (Å²) < 4.78 is 20.9.